The first kappa shape index (κ1) is 22.8. The molecule has 33 heavy (non-hydrogen) atoms. The maximum Gasteiger partial charge on any atom is 0.266 e. The summed E-state index contributed by atoms with van der Waals surface area (Å²) in [5.41, 5.74) is 1.59. The number of hydrogen-bond acceptors (Lipinski definition) is 3. The lowest BCUT2D eigenvalue weighted by Gasteiger charge is -2.37. The van der Waals surface area contributed by atoms with E-state index in [1.165, 1.54) is 30.5 Å². The van der Waals surface area contributed by atoms with Crippen LogP contribution in [-0.2, 0) is 4.79 Å². The fourth-order valence-electron chi connectivity index (χ4n) is 3.84. The van der Waals surface area contributed by atoms with Crippen LogP contribution in [-0.4, -0.2) is 40.7 Å². The monoisotopic (exact) mass is 473 g/mol. The van der Waals surface area contributed by atoms with Crippen molar-refractivity contribution in [2.24, 2.45) is 5.92 Å². The zero-order valence-electron chi connectivity index (χ0n) is 17.3. The van der Waals surface area contributed by atoms with Crippen LogP contribution in [0.1, 0.15) is 16.8 Å². The molecule has 5 nitrogen and oxygen atoms in total. The van der Waals surface area contributed by atoms with Gasteiger partial charge in [0.25, 0.3) is 11.8 Å². The number of carbonyl (C=O) groups is 2. The van der Waals surface area contributed by atoms with E-state index in [1.807, 2.05) is 0 Å². The van der Waals surface area contributed by atoms with Crippen LogP contribution in [0.3, 0.4) is 0 Å². The van der Waals surface area contributed by atoms with Gasteiger partial charge in [0.15, 0.2) is 0 Å². The minimum atomic E-state index is -3.23. The van der Waals surface area contributed by atoms with E-state index in [2.05, 4.69) is 10.3 Å². The normalized spacial score (nSPS) is 17.5. The summed E-state index contributed by atoms with van der Waals surface area (Å²) in [5, 5.41) is 2.99. The Balaban J connectivity index is 1.54. The average molecular weight is 474 g/mol. The molecule has 1 atom stereocenters. The highest BCUT2D eigenvalue weighted by Gasteiger charge is 2.44. The smallest absolute Gasteiger partial charge is 0.266 e. The van der Waals surface area contributed by atoms with Gasteiger partial charge in [-0.15, -0.1) is 0 Å². The molecule has 2 heterocycles. The molecule has 2 amide bonds. The minimum Gasteiger partial charge on any atom is -0.332 e. The number of aromatic nitrogens is 1. The zero-order valence-corrected chi connectivity index (χ0v) is 18.0. The van der Waals surface area contributed by atoms with E-state index in [4.69, 9.17) is 11.6 Å². The Morgan fingerprint density at radius 2 is 1.82 bits per heavy atom. The summed E-state index contributed by atoms with van der Waals surface area (Å²) in [7, 11) is 0. The number of rotatable bonds is 4. The number of nitrogens with zero attached hydrogens (tertiary/aromatic N) is 2. The summed E-state index contributed by atoms with van der Waals surface area (Å²) in [4.78, 5) is 30.2. The first-order chi connectivity index (χ1) is 15.7. The maximum atomic E-state index is 14.5. The van der Waals surface area contributed by atoms with Crippen LogP contribution in [0.4, 0.5) is 18.9 Å². The molecule has 0 saturated carbocycles. The van der Waals surface area contributed by atoms with E-state index in [-0.39, 0.29) is 12.1 Å². The summed E-state index contributed by atoms with van der Waals surface area (Å²) in [6.45, 7) is -0.949. The highest BCUT2D eigenvalue weighted by molar-refractivity contribution is 6.30. The van der Waals surface area contributed by atoms with Crippen LogP contribution in [0, 0.1) is 11.9 Å². The second kappa shape index (κ2) is 9.23. The topological polar surface area (TPSA) is 62.3 Å². The average Bonchev–Trinajstić information content (AvgIpc) is 2.77. The van der Waals surface area contributed by atoms with Crippen molar-refractivity contribution in [2.75, 3.05) is 18.4 Å². The molecular weight excluding hydrogens is 455 g/mol. The van der Waals surface area contributed by atoms with Crippen molar-refractivity contribution < 1.29 is 22.8 Å². The van der Waals surface area contributed by atoms with Crippen LogP contribution >= 0.6 is 11.6 Å². The molecular formula is C24H19ClF3N3O2. The highest BCUT2D eigenvalue weighted by Crippen LogP contribution is 2.32. The number of pyridine rings is 1. The Hall–Kier alpha value is -3.39. The van der Waals surface area contributed by atoms with E-state index in [0.717, 1.165) is 4.90 Å². The van der Waals surface area contributed by atoms with Gasteiger partial charge in [-0.2, -0.15) is 4.39 Å². The predicted molar refractivity (Wildman–Crippen MR) is 119 cm³/mol. The summed E-state index contributed by atoms with van der Waals surface area (Å²) in [6.07, 6.45) is 0.632. The Bertz CT molecular complexity index is 1200. The summed E-state index contributed by atoms with van der Waals surface area (Å²) in [6, 6.07) is 15.4. The molecule has 1 aliphatic heterocycles. The van der Waals surface area contributed by atoms with Crippen molar-refractivity contribution in [2.45, 2.75) is 12.3 Å². The molecule has 1 N–H and O–H groups in total. The fraction of sp³-hybridized carbons (Fsp3) is 0.208. The van der Waals surface area contributed by atoms with Gasteiger partial charge in [0.05, 0.1) is 12.5 Å². The van der Waals surface area contributed by atoms with Gasteiger partial charge in [0.2, 0.25) is 11.9 Å². The lowest BCUT2D eigenvalue weighted by atomic mass is 9.93. The van der Waals surface area contributed by atoms with Crippen molar-refractivity contribution in [3.8, 4) is 11.1 Å². The van der Waals surface area contributed by atoms with Crippen molar-refractivity contribution >= 4 is 29.1 Å². The minimum absolute atomic E-state index is 0.158. The third-order valence-electron chi connectivity index (χ3n) is 5.33. The number of carbonyl (C=O) groups excluding carboxylic acids is 2. The SMILES string of the molecule is O=C(Nc1cccc(Cl)c1)C1CN(C(=O)c2cccc(-c3ccnc(F)c3)c2)CC(F)(F)C1. The Kier molecular flexibility index (Phi) is 6.37. The Morgan fingerprint density at radius 1 is 1.06 bits per heavy atom. The van der Waals surface area contributed by atoms with Gasteiger partial charge in [-0.05, 0) is 47.5 Å². The van der Waals surface area contributed by atoms with Crippen molar-refractivity contribution in [3.63, 3.8) is 0 Å². The molecule has 0 radical (unpaired) electrons. The summed E-state index contributed by atoms with van der Waals surface area (Å²) in [5.74, 6) is -6.25. The van der Waals surface area contributed by atoms with Gasteiger partial charge in [-0.3, -0.25) is 9.59 Å². The van der Waals surface area contributed by atoms with Gasteiger partial charge in [0, 0.05) is 41.5 Å². The molecule has 0 spiro atoms. The molecule has 3 aromatic rings. The molecule has 2 aromatic carbocycles. The number of alkyl halides is 2. The first-order valence-corrected chi connectivity index (χ1v) is 10.5. The van der Waals surface area contributed by atoms with E-state index in [1.54, 1.807) is 36.4 Å². The standard InChI is InChI=1S/C24H19ClF3N3O2/c25-19-5-2-6-20(11-19)30-22(32)18-12-24(27,28)14-31(13-18)23(33)17-4-1-3-15(9-17)16-7-8-29-21(26)10-16/h1-11,18H,12-14H2,(H,30,32). The largest absolute Gasteiger partial charge is 0.332 e. The Labute approximate surface area is 193 Å². The molecule has 9 heteroatoms. The second-order valence-corrected chi connectivity index (χ2v) is 8.33. The van der Waals surface area contributed by atoms with Crippen molar-refractivity contribution in [3.05, 3.63) is 83.4 Å². The van der Waals surface area contributed by atoms with Gasteiger partial charge in [-0.25, -0.2) is 13.8 Å². The first-order valence-electron chi connectivity index (χ1n) is 10.2. The highest BCUT2D eigenvalue weighted by atomic mass is 35.5. The Morgan fingerprint density at radius 3 is 2.58 bits per heavy atom. The number of halogens is 4. The van der Waals surface area contributed by atoms with Crippen LogP contribution in [0.25, 0.3) is 11.1 Å². The molecule has 0 aliphatic carbocycles. The van der Waals surface area contributed by atoms with E-state index < -0.39 is 42.6 Å². The van der Waals surface area contributed by atoms with Crippen LogP contribution in [0.5, 0.6) is 0 Å². The van der Waals surface area contributed by atoms with Crippen molar-refractivity contribution in [1.82, 2.24) is 9.88 Å². The summed E-state index contributed by atoms with van der Waals surface area (Å²) < 4.78 is 42.4. The molecule has 1 unspecified atom stereocenters. The number of anilines is 1. The summed E-state index contributed by atoms with van der Waals surface area (Å²) >= 11 is 5.91. The van der Waals surface area contributed by atoms with Gasteiger partial charge in [-0.1, -0.05) is 29.8 Å². The van der Waals surface area contributed by atoms with Crippen molar-refractivity contribution in [1.29, 1.82) is 0 Å². The van der Waals surface area contributed by atoms with Crippen LogP contribution in [0.15, 0.2) is 66.9 Å². The molecule has 0 bridgehead atoms. The fourth-order valence-corrected chi connectivity index (χ4v) is 4.03. The predicted octanol–water partition coefficient (Wildman–Crippen LogP) is 5.28. The van der Waals surface area contributed by atoms with Crippen LogP contribution < -0.4 is 5.32 Å². The zero-order chi connectivity index (χ0) is 23.6. The number of nitrogens with one attached hydrogen (secondary N) is 1. The number of piperidine rings is 1. The third kappa shape index (κ3) is 5.51. The van der Waals surface area contributed by atoms with Gasteiger partial charge < -0.3 is 10.2 Å². The molecule has 1 aliphatic rings. The van der Waals surface area contributed by atoms with E-state index >= 15 is 0 Å². The van der Waals surface area contributed by atoms with E-state index in [9.17, 15) is 22.8 Å². The van der Waals surface area contributed by atoms with Gasteiger partial charge >= 0.3 is 0 Å². The number of likely N-dealkylation sites (tertiary alicyclic amines) is 1. The third-order valence-corrected chi connectivity index (χ3v) is 5.56. The number of hydrogen-bond donors (Lipinski definition) is 1. The van der Waals surface area contributed by atoms with Gasteiger partial charge in [0.1, 0.15) is 0 Å². The molecule has 1 saturated heterocycles. The lowest BCUT2D eigenvalue weighted by molar-refractivity contribution is -0.130. The second-order valence-electron chi connectivity index (χ2n) is 7.89. The molecule has 170 valence electrons. The maximum absolute atomic E-state index is 14.5. The quantitative estimate of drug-likeness (QED) is 0.525. The number of benzene rings is 2. The number of amides is 2. The van der Waals surface area contributed by atoms with Crippen LogP contribution in [0.2, 0.25) is 5.02 Å². The van der Waals surface area contributed by atoms with E-state index in [0.29, 0.717) is 21.8 Å². The molecule has 4 rings (SSSR count). The lowest BCUT2D eigenvalue weighted by Crippen LogP contribution is -2.52. The molecule has 1 fully saturated rings. The molecule has 1 aromatic heterocycles.